The molecule has 9 heteroatoms. The summed E-state index contributed by atoms with van der Waals surface area (Å²) in [6.07, 6.45) is 6.04. The van der Waals surface area contributed by atoms with Gasteiger partial charge in [-0.3, -0.25) is 14.5 Å². The van der Waals surface area contributed by atoms with Gasteiger partial charge in [0, 0.05) is 48.6 Å². The fraction of sp³-hybridized carbons (Fsp3) is 0.368. The number of hydrogen-bond acceptors (Lipinski definition) is 6. The van der Waals surface area contributed by atoms with Crippen molar-refractivity contribution in [2.45, 2.75) is 25.3 Å². The van der Waals surface area contributed by atoms with Crippen LogP contribution in [0, 0.1) is 11.3 Å². The maximum Gasteiger partial charge on any atom is 0.213 e. The van der Waals surface area contributed by atoms with Gasteiger partial charge in [-0.05, 0) is 13.0 Å². The summed E-state index contributed by atoms with van der Waals surface area (Å²) in [6.45, 7) is 1.96. The Labute approximate surface area is 162 Å². The first-order valence-electron chi connectivity index (χ1n) is 9.08. The van der Waals surface area contributed by atoms with Crippen LogP contribution in [0.15, 0.2) is 24.5 Å². The van der Waals surface area contributed by atoms with E-state index in [9.17, 15) is 18.5 Å². The predicted molar refractivity (Wildman–Crippen MR) is 101 cm³/mol. The lowest BCUT2D eigenvalue weighted by molar-refractivity contribution is 0.0719. The highest BCUT2D eigenvalue weighted by Crippen LogP contribution is 2.44. The molecule has 2 aromatic heterocycles. The average molecular weight is 395 g/mol. The summed E-state index contributed by atoms with van der Waals surface area (Å²) in [6, 6.07) is 4.00. The molecule has 2 aromatic rings. The molecule has 0 unspecified atom stereocenters. The molecule has 0 amide bonds. The summed E-state index contributed by atoms with van der Waals surface area (Å²) >= 11 is 0. The molecular formula is C19H17N5O3S. The SMILES string of the molecule is CCS(=O)(=O)N1CC(CC#N)(n2cc3c(n2)-c2ccnc4c2C(=CC4)C3=O)C1. The molecule has 0 N–H and O–H groups in total. The highest BCUT2D eigenvalue weighted by atomic mass is 32.2. The number of nitriles is 1. The number of allylic oxidation sites excluding steroid dienone is 2. The van der Waals surface area contributed by atoms with E-state index in [-0.39, 0.29) is 31.0 Å². The third-order valence-electron chi connectivity index (χ3n) is 5.85. The standard InChI is InChI=1S/C19H17N5O3S/c1-2-28(26,27)23-10-19(11-23,6-7-20)24-9-14-17(22-24)12-5-8-21-15-4-3-13(16(12)15)18(14)25/h3,5,8-9H,2,4,6,10-11H2,1H3. The van der Waals surface area contributed by atoms with Gasteiger partial charge in [0.2, 0.25) is 10.0 Å². The lowest BCUT2D eigenvalue weighted by atomic mass is 9.87. The molecule has 1 aliphatic heterocycles. The van der Waals surface area contributed by atoms with Crippen molar-refractivity contribution in [3.8, 4) is 17.3 Å². The number of nitrogens with zero attached hydrogens (tertiary/aromatic N) is 5. The topological polar surface area (TPSA) is 109 Å². The van der Waals surface area contributed by atoms with Crippen molar-refractivity contribution in [3.63, 3.8) is 0 Å². The maximum absolute atomic E-state index is 13.0. The molecule has 142 valence electrons. The monoisotopic (exact) mass is 395 g/mol. The normalized spacial score (nSPS) is 19.4. The molecular weight excluding hydrogens is 378 g/mol. The lowest BCUT2D eigenvalue weighted by Crippen LogP contribution is -2.64. The van der Waals surface area contributed by atoms with Gasteiger partial charge in [0.25, 0.3) is 0 Å². The van der Waals surface area contributed by atoms with Gasteiger partial charge in [-0.1, -0.05) is 6.08 Å². The number of hydrogen-bond donors (Lipinski definition) is 0. The van der Waals surface area contributed by atoms with Crippen molar-refractivity contribution in [3.05, 3.63) is 41.4 Å². The molecule has 8 nitrogen and oxygen atoms in total. The van der Waals surface area contributed by atoms with Crippen LogP contribution < -0.4 is 0 Å². The van der Waals surface area contributed by atoms with Gasteiger partial charge in [0.05, 0.1) is 29.5 Å². The van der Waals surface area contributed by atoms with Gasteiger partial charge in [0.1, 0.15) is 11.2 Å². The highest BCUT2D eigenvalue weighted by molar-refractivity contribution is 7.89. The van der Waals surface area contributed by atoms with Gasteiger partial charge in [-0.15, -0.1) is 0 Å². The van der Waals surface area contributed by atoms with Crippen LogP contribution in [0.2, 0.25) is 0 Å². The Morgan fingerprint density at radius 1 is 1.32 bits per heavy atom. The fourth-order valence-electron chi connectivity index (χ4n) is 4.27. The zero-order valence-corrected chi connectivity index (χ0v) is 16.0. The summed E-state index contributed by atoms with van der Waals surface area (Å²) < 4.78 is 27.3. The number of Topliss-reactive ketones (excluding diaryl/α,β-unsaturated/α-hetero) is 1. The second-order valence-electron chi connectivity index (χ2n) is 7.40. The smallest absolute Gasteiger partial charge is 0.213 e. The number of carbonyl (C=O) groups is 1. The zero-order valence-electron chi connectivity index (χ0n) is 15.2. The number of rotatable bonds is 4. The van der Waals surface area contributed by atoms with E-state index in [4.69, 9.17) is 0 Å². The lowest BCUT2D eigenvalue weighted by Gasteiger charge is -2.47. The van der Waals surface area contributed by atoms with E-state index in [1.165, 1.54) is 4.31 Å². The average Bonchev–Trinajstić information content (AvgIpc) is 3.28. The van der Waals surface area contributed by atoms with E-state index in [0.29, 0.717) is 23.3 Å². The zero-order chi connectivity index (χ0) is 19.7. The van der Waals surface area contributed by atoms with Crippen LogP contribution >= 0.6 is 0 Å². The van der Waals surface area contributed by atoms with Crippen LogP contribution in [0.5, 0.6) is 0 Å². The molecule has 0 radical (unpaired) electrons. The Hall–Kier alpha value is -2.83. The van der Waals surface area contributed by atoms with E-state index in [1.807, 2.05) is 12.1 Å². The third-order valence-corrected chi connectivity index (χ3v) is 7.63. The Balaban J connectivity index is 1.61. The molecule has 0 spiro atoms. The van der Waals surface area contributed by atoms with E-state index < -0.39 is 15.6 Å². The first kappa shape index (κ1) is 17.3. The van der Waals surface area contributed by atoms with Gasteiger partial charge in [-0.2, -0.15) is 14.7 Å². The summed E-state index contributed by atoms with van der Waals surface area (Å²) in [7, 11) is -3.33. The molecule has 0 bridgehead atoms. The fourth-order valence-corrected chi connectivity index (χ4v) is 5.51. The Kier molecular flexibility index (Phi) is 3.45. The third kappa shape index (κ3) is 2.13. The van der Waals surface area contributed by atoms with E-state index in [1.54, 1.807) is 24.0 Å². The second kappa shape index (κ2) is 5.59. The molecule has 28 heavy (non-hydrogen) atoms. The minimum Gasteiger partial charge on any atom is -0.288 e. The van der Waals surface area contributed by atoms with Crippen LogP contribution in [0.25, 0.3) is 16.8 Å². The Morgan fingerprint density at radius 2 is 2.11 bits per heavy atom. The minimum absolute atomic E-state index is 0.0149. The minimum atomic E-state index is -3.33. The molecule has 1 fully saturated rings. The van der Waals surface area contributed by atoms with Crippen molar-refractivity contribution in [2.24, 2.45) is 0 Å². The Bertz CT molecular complexity index is 1210. The highest BCUT2D eigenvalue weighted by Gasteiger charge is 2.50. The quantitative estimate of drug-likeness (QED) is 0.773. The van der Waals surface area contributed by atoms with Gasteiger partial charge >= 0.3 is 0 Å². The Morgan fingerprint density at radius 3 is 2.82 bits per heavy atom. The summed E-state index contributed by atoms with van der Waals surface area (Å²) in [5.41, 5.74) is 3.57. The van der Waals surface area contributed by atoms with Crippen molar-refractivity contribution < 1.29 is 13.2 Å². The number of ketones is 1. The number of sulfonamides is 1. The molecule has 0 saturated carbocycles. The van der Waals surface area contributed by atoms with Gasteiger partial charge in [-0.25, -0.2) is 8.42 Å². The van der Waals surface area contributed by atoms with E-state index in [2.05, 4.69) is 16.2 Å². The summed E-state index contributed by atoms with van der Waals surface area (Å²) in [5, 5.41) is 14.0. The first-order valence-corrected chi connectivity index (χ1v) is 10.7. The molecule has 1 saturated heterocycles. The van der Waals surface area contributed by atoms with Crippen molar-refractivity contribution >= 4 is 21.4 Å². The summed E-state index contributed by atoms with van der Waals surface area (Å²) in [4.78, 5) is 17.4. The number of aromatic nitrogens is 3. The number of pyridine rings is 1. The van der Waals surface area contributed by atoms with E-state index in [0.717, 1.165) is 16.8 Å². The molecule has 2 aliphatic carbocycles. The van der Waals surface area contributed by atoms with Crippen molar-refractivity contribution in [1.82, 2.24) is 19.1 Å². The van der Waals surface area contributed by atoms with Crippen LogP contribution in [-0.4, -0.2) is 52.1 Å². The molecule has 5 rings (SSSR count). The van der Waals surface area contributed by atoms with Crippen LogP contribution in [0.1, 0.15) is 35.0 Å². The molecule has 3 aliphatic rings. The predicted octanol–water partition coefficient (Wildman–Crippen LogP) is 1.36. The maximum atomic E-state index is 13.0. The molecule has 3 heterocycles. The van der Waals surface area contributed by atoms with Crippen LogP contribution in [-0.2, 0) is 22.0 Å². The molecule has 0 atom stereocenters. The van der Waals surface area contributed by atoms with E-state index >= 15 is 0 Å². The first-order chi connectivity index (χ1) is 13.4. The summed E-state index contributed by atoms with van der Waals surface area (Å²) in [5.74, 6) is -0.0777. The van der Waals surface area contributed by atoms with Crippen LogP contribution in [0.3, 0.4) is 0 Å². The van der Waals surface area contributed by atoms with Gasteiger partial charge in [0.15, 0.2) is 5.78 Å². The van der Waals surface area contributed by atoms with Crippen molar-refractivity contribution in [2.75, 3.05) is 18.8 Å². The number of carbonyl (C=O) groups excluding carboxylic acids is 1. The largest absolute Gasteiger partial charge is 0.288 e. The molecule has 0 aromatic carbocycles. The van der Waals surface area contributed by atoms with Crippen molar-refractivity contribution in [1.29, 1.82) is 5.26 Å². The van der Waals surface area contributed by atoms with Crippen LogP contribution in [0.4, 0.5) is 0 Å². The van der Waals surface area contributed by atoms with Gasteiger partial charge < -0.3 is 0 Å². The second-order valence-corrected chi connectivity index (χ2v) is 9.65. The number of fused-ring (bicyclic) bond motifs is 2.